The summed E-state index contributed by atoms with van der Waals surface area (Å²) < 4.78 is 54.5. The maximum absolute atomic E-state index is 14.8. The number of fused-ring (bicyclic) bond motifs is 3. The number of benzene rings is 1. The van der Waals surface area contributed by atoms with E-state index < -0.39 is 42.2 Å². The van der Waals surface area contributed by atoms with E-state index in [2.05, 4.69) is 15.3 Å². The molecule has 1 saturated carbocycles. The monoisotopic (exact) mass is 484 g/mol. The Morgan fingerprint density at radius 1 is 1.14 bits per heavy atom. The van der Waals surface area contributed by atoms with Gasteiger partial charge in [-0.3, -0.25) is 19.6 Å². The summed E-state index contributed by atoms with van der Waals surface area (Å²) in [4.78, 5) is 35.9. The number of amides is 2. The quantitative estimate of drug-likeness (QED) is 0.501. The van der Waals surface area contributed by atoms with E-state index in [1.54, 1.807) is 6.92 Å². The third kappa shape index (κ3) is 4.24. The first-order valence-corrected chi connectivity index (χ1v) is 11.0. The highest BCUT2D eigenvalue weighted by Gasteiger charge is 2.47. The Balaban J connectivity index is 1.52. The third-order valence-electron chi connectivity index (χ3n) is 6.29. The molecule has 1 N–H and O–H groups in total. The Hall–Kier alpha value is -3.82. The summed E-state index contributed by atoms with van der Waals surface area (Å²) in [5.41, 5.74) is -0.133. The van der Waals surface area contributed by atoms with Gasteiger partial charge in [0.15, 0.2) is 5.67 Å². The van der Waals surface area contributed by atoms with Crippen LogP contribution in [0.25, 0.3) is 11.1 Å². The summed E-state index contributed by atoms with van der Waals surface area (Å²) in [6, 6.07) is 7.73. The summed E-state index contributed by atoms with van der Waals surface area (Å²) in [6.45, 7) is 1.16. The fourth-order valence-electron chi connectivity index (χ4n) is 4.19. The van der Waals surface area contributed by atoms with Crippen molar-refractivity contribution in [1.82, 2.24) is 9.97 Å². The highest BCUT2D eigenvalue weighted by molar-refractivity contribution is 6.09. The lowest BCUT2D eigenvalue weighted by Gasteiger charge is -2.25. The van der Waals surface area contributed by atoms with Crippen molar-refractivity contribution in [2.45, 2.75) is 37.8 Å². The van der Waals surface area contributed by atoms with Crippen LogP contribution in [-0.4, -0.2) is 28.3 Å². The molecule has 2 amide bonds. The van der Waals surface area contributed by atoms with E-state index >= 15 is 0 Å². The van der Waals surface area contributed by atoms with Gasteiger partial charge in [0, 0.05) is 28.6 Å². The number of hydrogen-bond donors (Lipinski definition) is 1. The van der Waals surface area contributed by atoms with Crippen molar-refractivity contribution in [3.05, 3.63) is 71.6 Å². The number of hydrogen-bond acceptors (Lipinski definition) is 4. The van der Waals surface area contributed by atoms with Crippen molar-refractivity contribution in [3.8, 4) is 11.1 Å². The predicted molar refractivity (Wildman–Crippen MR) is 120 cm³/mol. The number of carbonyl (C=O) groups excluding carboxylic acids is 2. The predicted octanol–water partition coefficient (Wildman–Crippen LogP) is 5.27. The highest BCUT2D eigenvalue weighted by Crippen LogP contribution is 2.50. The van der Waals surface area contributed by atoms with Crippen LogP contribution in [0.4, 0.5) is 28.9 Å². The molecule has 1 aromatic carbocycles. The van der Waals surface area contributed by atoms with E-state index in [1.807, 2.05) is 0 Å². The van der Waals surface area contributed by atoms with E-state index in [9.17, 15) is 27.2 Å². The van der Waals surface area contributed by atoms with Crippen molar-refractivity contribution in [1.29, 1.82) is 0 Å². The molecule has 5 rings (SSSR count). The number of anilines is 2. The molecule has 2 aliphatic rings. The van der Waals surface area contributed by atoms with E-state index in [0.29, 0.717) is 29.7 Å². The maximum Gasteiger partial charge on any atom is 0.263 e. The van der Waals surface area contributed by atoms with Crippen molar-refractivity contribution >= 4 is 23.2 Å². The van der Waals surface area contributed by atoms with Crippen LogP contribution in [0.2, 0.25) is 0 Å². The van der Waals surface area contributed by atoms with Gasteiger partial charge in [-0.1, -0.05) is 12.1 Å². The van der Waals surface area contributed by atoms with Gasteiger partial charge in [0.1, 0.15) is 12.4 Å². The van der Waals surface area contributed by atoms with Gasteiger partial charge in [0.05, 0.1) is 29.2 Å². The van der Waals surface area contributed by atoms with E-state index in [-0.39, 0.29) is 22.6 Å². The first-order valence-electron chi connectivity index (χ1n) is 11.0. The first kappa shape index (κ1) is 22.9. The third-order valence-corrected chi connectivity index (χ3v) is 6.29. The SMILES string of the molecule is CC1C(=O)N(CC(=O)Nc2ccc(C(F)F)cc2)c2cc(C3(F)CC3)ncc2-c2cc(F)cnc21. The van der Waals surface area contributed by atoms with Crippen LogP contribution in [0.15, 0.2) is 48.8 Å². The van der Waals surface area contributed by atoms with E-state index in [4.69, 9.17) is 0 Å². The zero-order valence-electron chi connectivity index (χ0n) is 18.6. The molecule has 3 aromatic rings. The van der Waals surface area contributed by atoms with Crippen LogP contribution < -0.4 is 10.2 Å². The summed E-state index contributed by atoms with van der Waals surface area (Å²) in [5, 5.41) is 2.59. The Kier molecular flexibility index (Phi) is 5.53. The second-order valence-electron chi connectivity index (χ2n) is 8.76. The molecule has 3 heterocycles. The number of nitrogens with one attached hydrogen (secondary N) is 1. The fourth-order valence-corrected chi connectivity index (χ4v) is 4.19. The molecule has 2 aromatic heterocycles. The topological polar surface area (TPSA) is 75.2 Å². The van der Waals surface area contributed by atoms with Crippen LogP contribution in [0.3, 0.4) is 0 Å². The van der Waals surface area contributed by atoms with Gasteiger partial charge < -0.3 is 10.2 Å². The second-order valence-corrected chi connectivity index (χ2v) is 8.76. The molecule has 0 radical (unpaired) electrons. The van der Waals surface area contributed by atoms with E-state index in [0.717, 1.165) is 6.20 Å². The first-order chi connectivity index (χ1) is 16.7. The van der Waals surface area contributed by atoms with Gasteiger partial charge >= 0.3 is 0 Å². The summed E-state index contributed by atoms with van der Waals surface area (Å²) in [6.07, 6.45) is 0.344. The van der Waals surface area contributed by atoms with Crippen molar-refractivity contribution < 1.29 is 27.2 Å². The molecule has 0 saturated heterocycles. The standard InChI is InChI=1S/C25H20F4N4O2/c1-13-22-17(8-15(26)10-31-22)18-11-30-20(25(29)6-7-25)9-19(18)33(24(13)35)12-21(34)32-16-4-2-14(3-5-16)23(27)28/h2-5,8-11,13,23H,6-7,12H2,1H3,(H,32,34). The average molecular weight is 484 g/mol. The number of halogens is 4. The van der Waals surface area contributed by atoms with Gasteiger partial charge in [0.25, 0.3) is 6.43 Å². The van der Waals surface area contributed by atoms with Crippen molar-refractivity contribution in [2.24, 2.45) is 0 Å². The average Bonchev–Trinajstić information content (AvgIpc) is 3.60. The zero-order valence-corrected chi connectivity index (χ0v) is 18.6. The highest BCUT2D eigenvalue weighted by atomic mass is 19.3. The lowest BCUT2D eigenvalue weighted by Crippen LogP contribution is -2.40. The number of pyridine rings is 2. The normalized spacial score (nSPS) is 18.1. The Bertz CT molecular complexity index is 1330. The minimum Gasteiger partial charge on any atom is -0.325 e. The van der Waals surface area contributed by atoms with Crippen molar-refractivity contribution in [2.75, 3.05) is 16.8 Å². The Labute approximate surface area is 198 Å². The van der Waals surface area contributed by atoms with Crippen molar-refractivity contribution in [3.63, 3.8) is 0 Å². The molecule has 1 unspecified atom stereocenters. The van der Waals surface area contributed by atoms with Crippen LogP contribution in [-0.2, 0) is 15.3 Å². The Morgan fingerprint density at radius 2 is 1.86 bits per heavy atom. The molecular weight excluding hydrogens is 464 g/mol. The molecule has 1 fully saturated rings. The molecule has 35 heavy (non-hydrogen) atoms. The fraction of sp³-hybridized carbons (Fsp3) is 0.280. The summed E-state index contributed by atoms with van der Waals surface area (Å²) in [7, 11) is 0. The van der Waals surface area contributed by atoms with Gasteiger partial charge in [-0.05, 0) is 44.0 Å². The molecule has 1 atom stereocenters. The smallest absolute Gasteiger partial charge is 0.263 e. The molecular formula is C25H20F4N4O2. The number of alkyl halides is 3. The van der Waals surface area contributed by atoms with Gasteiger partial charge in [-0.25, -0.2) is 17.6 Å². The molecule has 0 bridgehead atoms. The minimum atomic E-state index is -2.64. The minimum absolute atomic E-state index is 0.137. The lowest BCUT2D eigenvalue weighted by molar-refractivity contribution is -0.122. The number of carbonyl (C=O) groups is 2. The summed E-state index contributed by atoms with van der Waals surface area (Å²) in [5.74, 6) is -2.50. The maximum atomic E-state index is 14.8. The Morgan fingerprint density at radius 3 is 2.51 bits per heavy atom. The van der Waals surface area contributed by atoms with Crippen LogP contribution >= 0.6 is 0 Å². The molecule has 6 nitrogen and oxygen atoms in total. The largest absolute Gasteiger partial charge is 0.325 e. The van der Waals surface area contributed by atoms with Gasteiger partial charge in [-0.2, -0.15) is 0 Å². The molecule has 0 spiro atoms. The second kappa shape index (κ2) is 8.44. The number of nitrogens with zero attached hydrogens (tertiary/aromatic N) is 3. The summed E-state index contributed by atoms with van der Waals surface area (Å²) >= 11 is 0. The molecule has 1 aliphatic carbocycles. The zero-order chi connectivity index (χ0) is 24.9. The molecule has 1 aliphatic heterocycles. The van der Waals surface area contributed by atoms with Crippen LogP contribution in [0.5, 0.6) is 0 Å². The van der Waals surface area contributed by atoms with Crippen LogP contribution in [0.1, 0.15) is 49.1 Å². The van der Waals surface area contributed by atoms with Gasteiger partial charge in [-0.15, -0.1) is 0 Å². The van der Waals surface area contributed by atoms with Gasteiger partial charge in [0.2, 0.25) is 11.8 Å². The van der Waals surface area contributed by atoms with E-state index in [1.165, 1.54) is 47.5 Å². The molecule has 10 heteroatoms. The molecule has 180 valence electrons. The number of rotatable bonds is 5. The van der Waals surface area contributed by atoms with Crippen LogP contribution in [0, 0.1) is 5.82 Å². The number of aromatic nitrogens is 2. The lowest BCUT2D eigenvalue weighted by atomic mass is 9.98.